The van der Waals surface area contributed by atoms with Gasteiger partial charge in [0.2, 0.25) is 0 Å². The van der Waals surface area contributed by atoms with E-state index < -0.39 is 0 Å². The minimum atomic E-state index is 0.564. The number of nitrogen functional groups attached to an aromatic ring is 1. The van der Waals surface area contributed by atoms with E-state index in [1.54, 1.807) is 6.20 Å². The van der Waals surface area contributed by atoms with E-state index >= 15 is 0 Å². The second kappa shape index (κ2) is 5.40. The molecule has 0 aromatic carbocycles. The largest absolute Gasteiger partial charge is 0.383 e. The predicted molar refractivity (Wildman–Crippen MR) is 63.8 cm³/mol. The van der Waals surface area contributed by atoms with Gasteiger partial charge in [-0.2, -0.15) is 0 Å². The Morgan fingerprint density at radius 2 is 2.31 bits per heavy atom. The van der Waals surface area contributed by atoms with Gasteiger partial charge in [0.05, 0.1) is 0 Å². The maximum Gasteiger partial charge on any atom is 0.130 e. The molecular formula is C9H10Br2N2. The molecule has 1 aromatic heterocycles. The van der Waals surface area contributed by atoms with Crippen molar-refractivity contribution in [2.75, 3.05) is 11.1 Å². The van der Waals surface area contributed by atoms with Crippen LogP contribution in [0.15, 0.2) is 22.8 Å². The zero-order chi connectivity index (χ0) is 9.68. The fraction of sp³-hybridized carbons (Fsp3) is 0.222. The average molecular weight is 306 g/mol. The Balaban J connectivity index is 2.81. The van der Waals surface area contributed by atoms with Gasteiger partial charge in [0.15, 0.2) is 0 Å². The van der Waals surface area contributed by atoms with Crippen molar-refractivity contribution in [1.29, 1.82) is 0 Å². The highest BCUT2D eigenvalue weighted by atomic mass is 79.9. The van der Waals surface area contributed by atoms with Crippen molar-refractivity contribution in [1.82, 2.24) is 4.98 Å². The minimum Gasteiger partial charge on any atom is -0.383 e. The molecule has 0 aliphatic heterocycles. The fourth-order valence-electron chi connectivity index (χ4n) is 0.872. The smallest absolute Gasteiger partial charge is 0.130 e. The fourth-order valence-corrected chi connectivity index (χ4v) is 1.49. The number of allylic oxidation sites excluding steroid dienone is 1. The Morgan fingerprint density at radius 1 is 1.54 bits per heavy atom. The van der Waals surface area contributed by atoms with E-state index in [9.17, 15) is 0 Å². The predicted octanol–water partition coefficient (Wildman–Crippen LogP) is 3.22. The van der Waals surface area contributed by atoms with Gasteiger partial charge in [0.25, 0.3) is 0 Å². The first-order chi connectivity index (χ1) is 6.24. The van der Waals surface area contributed by atoms with Crippen molar-refractivity contribution < 1.29 is 0 Å². The summed E-state index contributed by atoms with van der Waals surface area (Å²) >= 11 is 6.69. The number of pyridine rings is 1. The number of nitrogens with two attached hydrogens (primary N) is 1. The molecule has 0 amide bonds. The standard InChI is InChI=1S/C9H10Br2N2/c10-4-2-1-3-7-5-8(11)6-13-9(7)12/h1,3,5-6H,2,4H2,(H2,12,13). The van der Waals surface area contributed by atoms with Crippen LogP contribution in [0, 0.1) is 0 Å². The summed E-state index contributed by atoms with van der Waals surface area (Å²) < 4.78 is 0.945. The number of aromatic nitrogens is 1. The molecule has 1 heterocycles. The normalized spacial score (nSPS) is 10.9. The minimum absolute atomic E-state index is 0.564. The molecule has 0 bridgehead atoms. The molecule has 2 nitrogen and oxygen atoms in total. The summed E-state index contributed by atoms with van der Waals surface area (Å²) in [6.45, 7) is 0. The number of nitrogens with zero attached hydrogens (tertiary/aromatic N) is 1. The van der Waals surface area contributed by atoms with Crippen LogP contribution in [0.3, 0.4) is 0 Å². The first-order valence-electron chi connectivity index (χ1n) is 3.87. The van der Waals surface area contributed by atoms with Crippen molar-refractivity contribution in [3.05, 3.63) is 28.4 Å². The SMILES string of the molecule is Nc1ncc(Br)cc1C=CCCBr. The van der Waals surface area contributed by atoms with Crippen LogP contribution in [0.1, 0.15) is 12.0 Å². The lowest BCUT2D eigenvalue weighted by molar-refractivity contribution is 1.26. The molecule has 0 saturated carbocycles. The molecule has 0 atom stereocenters. The molecule has 0 aliphatic carbocycles. The summed E-state index contributed by atoms with van der Waals surface area (Å²) in [5.41, 5.74) is 6.63. The molecule has 0 fully saturated rings. The van der Waals surface area contributed by atoms with Gasteiger partial charge >= 0.3 is 0 Å². The van der Waals surface area contributed by atoms with E-state index in [0.29, 0.717) is 5.82 Å². The third-order valence-corrected chi connectivity index (χ3v) is 2.38. The highest BCUT2D eigenvalue weighted by Gasteiger charge is 1.96. The summed E-state index contributed by atoms with van der Waals surface area (Å²) in [6.07, 6.45) is 6.73. The van der Waals surface area contributed by atoms with Crippen LogP contribution in [-0.4, -0.2) is 10.3 Å². The molecule has 0 saturated heterocycles. The van der Waals surface area contributed by atoms with Crippen molar-refractivity contribution in [3.63, 3.8) is 0 Å². The Labute approximate surface area is 94.5 Å². The number of halogens is 2. The number of hydrogen-bond acceptors (Lipinski definition) is 2. The van der Waals surface area contributed by atoms with Gasteiger partial charge in [-0.25, -0.2) is 4.98 Å². The molecule has 4 heteroatoms. The second-order valence-electron chi connectivity index (χ2n) is 2.51. The third-order valence-electron chi connectivity index (χ3n) is 1.49. The lowest BCUT2D eigenvalue weighted by Crippen LogP contribution is -1.92. The lowest BCUT2D eigenvalue weighted by Gasteiger charge is -1.98. The molecule has 0 unspecified atom stereocenters. The monoisotopic (exact) mass is 304 g/mol. The quantitative estimate of drug-likeness (QED) is 0.871. The zero-order valence-corrected chi connectivity index (χ0v) is 10.2. The van der Waals surface area contributed by atoms with Crippen molar-refractivity contribution in [2.24, 2.45) is 0 Å². The van der Waals surface area contributed by atoms with Gasteiger partial charge in [-0.3, -0.25) is 0 Å². The van der Waals surface area contributed by atoms with Gasteiger partial charge in [-0.1, -0.05) is 28.1 Å². The number of anilines is 1. The molecule has 70 valence electrons. The number of alkyl halides is 1. The van der Waals surface area contributed by atoms with Crippen LogP contribution >= 0.6 is 31.9 Å². The topological polar surface area (TPSA) is 38.9 Å². The Kier molecular flexibility index (Phi) is 4.45. The second-order valence-corrected chi connectivity index (χ2v) is 4.22. The van der Waals surface area contributed by atoms with E-state index in [2.05, 4.69) is 42.9 Å². The summed E-state index contributed by atoms with van der Waals surface area (Å²) in [6, 6.07) is 1.95. The Morgan fingerprint density at radius 3 is 3.00 bits per heavy atom. The van der Waals surface area contributed by atoms with Crippen molar-refractivity contribution in [3.8, 4) is 0 Å². The average Bonchev–Trinajstić information content (AvgIpc) is 2.11. The number of rotatable bonds is 3. The van der Waals surface area contributed by atoms with E-state index in [-0.39, 0.29) is 0 Å². The van der Waals surface area contributed by atoms with Gasteiger partial charge < -0.3 is 5.73 Å². The Bertz CT molecular complexity index is 310. The molecule has 0 spiro atoms. The lowest BCUT2D eigenvalue weighted by atomic mass is 10.2. The summed E-state index contributed by atoms with van der Waals surface area (Å²) in [4.78, 5) is 4.03. The highest BCUT2D eigenvalue weighted by molar-refractivity contribution is 9.10. The molecule has 2 N–H and O–H groups in total. The van der Waals surface area contributed by atoms with E-state index in [1.807, 2.05) is 12.1 Å². The van der Waals surface area contributed by atoms with Crippen LogP contribution in [0.4, 0.5) is 5.82 Å². The van der Waals surface area contributed by atoms with E-state index in [4.69, 9.17) is 5.73 Å². The van der Waals surface area contributed by atoms with E-state index in [1.165, 1.54) is 0 Å². The molecule has 1 aromatic rings. The molecular weight excluding hydrogens is 296 g/mol. The first kappa shape index (κ1) is 10.7. The first-order valence-corrected chi connectivity index (χ1v) is 5.79. The molecule has 0 aliphatic rings. The van der Waals surface area contributed by atoms with Gasteiger partial charge in [-0.15, -0.1) is 0 Å². The van der Waals surface area contributed by atoms with Crippen molar-refractivity contribution in [2.45, 2.75) is 6.42 Å². The van der Waals surface area contributed by atoms with Gasteiger partial charge in [0, 0.05) is 21.6 Å². The molecule has 13 heavy (non-hydrogen) atoms. The van der Waals surface area contributed by atoms with Crippen LogP contribution in [0.2, 0.25) is 0 Å². The third kappa shape index (κ3) is 3.48. The van der Waals surface area contributed by atoms with Gasteiger partial charge in [-0.05, 0) is 28.4 Å². The maximum atomic E-state index is 5.68. The zero-order valence-electron chi connectivity index (χ0n) is 7.00. The number of hydrogen-bond donors (Lipinski definition) is 1. The van der Waals surface area contributed by atoms with E-state index in [0.717, 1.165) is 21.8 Å². The maximum absolute atomic E-state index is 5.68. The highest BCUT2D eigenvalue weighted by Crippen LogP contribution is 2.16. The molecule has 0 radical (unpaired) electrons. The Hall–Kier alpha value is -0.350. The summed E-state index contributed by atoms with van der Waals surface area (Å²) in [7, 11) is 0. The van der Waals surface area contributed by atoms with Gasteiger partial charge in [0.1, 0.15) is 5.82 Å². The van der Waals surface area contributed by atoms with Crippen LogP contribution in [0.25, 0.3) is 6.08 Å². The van der Waals surface area contributed by atoms with Crippen LogP contribution < -0.4 is 5.73 Å². The molecule has 1 rings (SSSR count). The van der Waals surface area contributed by atoms with Crippen molar-refractivity contribution >= 4 is 43.8 Å². The summed E-state index contributed by atoms with van der Waals surface area (Å²) in [5, 5.41) is 0.963. The van der Waals surface area contributed by atoms with Crippen LogP contribution in [-0.2, 0) is 0 Å². The summed E-state index contributed by atoms with van der Waals surface area (Å²) in [5.74, 6) is 0.564. The van der Waals surface area contributed by atoms with Crippen LogP contribution in [0.5, 0.6) is 0 Å².